The summed E-state index contributed by atoms with van der Waals surface area (Å²) in [6.45, 7) is 0.425. The second kappa shape index (κ2) is 4.27. The summed E-state index contributed by atoms with van der Waals surface area (Å²) in [5.41, 5.74) is 2.30. The number of aromatic nitrogens is 2. The summed E-state index contributed by atoms with van der Waals surface area (Å²) in [4.78, 5) is 10.9. The van der Waals surface area contributed by atoms with E-state index >= 15 is 0 Å². The van der Waals surface area contributed by atoms with Crippen molar-refractivity contribution in [2.24, 2.45) is 0 Å². The molecule has 2 rings (SSSR count). The van der Waals surface area contributed by atoms with Gasteiger partial charge in [-0.2, -0.15) is 0 Å². The maximum atomic E-state index is 10.9. The molecule has 1 aromatic heterocycles. The highest BCUT2D eigenvalue weighted by atomic mass is 35.5. The van der Waals surface area contributed by atoms with E-state index in [4.69, 9.17) is 11.6 Å². The normalized spacial score (nSPS) is 10.5. The summed E-state index contributed by atoms with van der Waals surface area (Å²) in [6, 6.07) is 5.44. The van der Waals surface area contributed by atoms with E-state index in [-0.39, 0.29) is 11.8 Å². The molecule has 0 aliphatic rings. The number of fused-ring (bicyclic) bond motifs is 1. The third-order valence-corrected chi connectivity index (χ3v) is 2.17. The van der Waals surface area contributed by atoms with Crippen molar-refractivity contribution in [1.29, 1.82) is 0 Å². The zero-order chi connectivity index (χ0) is 10.7. The van der Waals surface area contributed by atoms with Crippen molar-refractivity contribution in [2.75, 3.05) is 5.88 Å². The molecule has 5 nitrogen and oxygen atoms in total. The second-order valence-corrected chi connectivity index (χ2v) is 3.26. The molecule has 0 aliphatic heterocycles. The van der Waals surface area contributed by atoms with E-state index < -0.39 is 0 Å². The third kappa shape index (κ3) is 2.24. The number of nitrogens with zero attached hydrogens (tertiary/aromatic N) is 2. The molecule has 0 atom stereocenters. The van der Waals surface area contributed by atoms with Crippen molar-refractivity contribution in [1.82, 2.24) is 15.6 Å². The van der Waals surface area contributed by atoms with Gasteiger partial charge in [-0.15, -0.1) is 11.6 Å². The van der Waals surface area contributed by atoms with Gasteiger partial charge in [0.05, 0.1) is 0 Å². The van der Waals surface area contributed by atoms with Gasteiger partial charge in [-0.3, -0.25) is 4.79 Å². The average molecular weight is 226 g/mol. The maximum absolute atomic E-state index is 10.9. The Kier molecular flexibility index (Phi) is 2.82. The average Bonchev–Trinajstić information content (AvgIpc) is 2.72. The zero-order valence-electron chi connectivity index (χ0n) is 7.74. The first-order valence-electron chi connectivity index (χ1n) is 4.33. The van der Waals surface area contributed by atoms with Crippen molar-refractivity contribution in [3.8, 4) is 0 Å². The van der Waals surface area contributed by atoms with Crippen LogP contribution in [0.5, 0.6) is 0 Å². The number of benzene rings is 1. The quantitative estimate of drug-likeness (QED) is 0.794. The summed E-state index contributed by atoms with van der Waals surface area (Å²) in [6.07, 6.45) is 0. The fourth-order valence-electron chi connectivity index (χ4n) is 1.19. The predicted octanol–water partition coefficient (Wildman–Crippen LogP) is 1.08. The van der Waals surface area contributed by atoms with E-state index in [1.54, 1.807) is 12.1 Å². The minimum Gasteiger partial charge on any atom is -0.351 e. The monoisotopic (exact) mass is 225 g/mol. The van der Waals surface area contributed by atoms with Gasteiger partial charge in [-0.25, -0.2) is 4.63 Å². The molecule has 6 heteroatoms. The SMILES string of the molecule is O=C(CCl)NCc1ccc2nonc2c1. The topological polar surface area (TPSA) is 68.0 Å². The molecular formula is C9H8ClN3O2. The molecule has 15 heavy (non-hydrogen) atoms. The fourth-order valence-corrected chi connectivity index (χ4v) is 1.28. The molecule has 78 valence electrons. The van der Waals surface area contributed by atoms with Crippen LogP contribution < -0.4 is 5.32 Å². The van der Waals surface area contributed by atoms with Gasteiger partial charge in [-0.1, -0.05) is 6.07 Å². The van der Waals surface area contributed by atoms with Crippen molar-refractivity contribution in [3.05, 3.63) is 23.8 Å². The van der Waals surface area contributed by atoms with E-state index in [1.807, 2.05) is 6.07 Å². The number of rotatable bonds is 3. The molecule has 0 radical (unpaired) electrons. The van der Waals surface area contributed by atoms with Crippen molar-refractivity contribution < 1.29 is 9.42 Å². The van der Waals surface area contributed by atoms with Gasteiger partial charge in [0.25, 0.3) is 0 Å². The minimum absolute atomic E-state index is 0.0340. The highest BCUT2D eigenvalue weighted by molar-refractivity contribution is 6.27. The number of hydrogen-bond acceptors (Lipinski definition) is 4. The first-order valence-corrected chi connectivity index (χ1v) is 4.87. The van der Waals surface area contributed by atoms with Crippen LogP contribution >= 0.6 is 11.6 Å². The van der Waals surface area contributed by atoms with Crippen LogP contribution in [0.4, 0.5) is 0 Å². The Morgan fingerprint density at radius 3 is 3.00 bits per heavy atom. The van der Waals surface area contributed by atoms with Crippen LogP contribution in [0.3, 0.4) is 0 Å². The summed E-state index contributed by atoms with van der Waals surface area (Å²) in [5.74, 6) is -0.233. The Morgan fingerprint density at radius 1 is 1.40 bits per heavy atom. The van der Waals surface area contributed by atoms with Gasteiger partial charge in [-0.05, 0) is 28.0 Å². The Morgan fingerprint density at radius 2 is 2.20 bits per heavy atom. The lowest BCUT2D eigenvalue weighted by Gasteiger charge is -2.01. The van der Waals surface area contributed by atoms with E-state index in [2.05, 4.69) is 20.3 Å². The van der Waals surface area contributed by atoms with Gasteiger partial charge in [0.15, 0.2) is 0 Å². The van der Waals surface area contributed by atoms with Gasteiger partial charge in [0.2, 0.25) is 5.91 Å². The fraction of sp³-hybridized carbons (Fsp3) is 0.222. The van der Waals surface area contributed by atoms with Crippen molar-refractivity contribution in [3.63, 3.8) is 0 Å². The first kappa shape index (κ1) is 9.92. The van der Waals surface area contributed by atoms with Crippen molar-refractivity contribution in [2.45, 2.75) is 6.54 Å². The molecular weight excluding hydrogens is 218 g/mol. The Hall–Kier alpha value is -1.62. The smallest absolute Gasteiger partial charge is 0.235 e. The lowest BCUT2D eigenvalue weighted by Crippen LogP contribution is -2.23. The van der Waals surface area contributed by atoms with Crippen molar-refractivity contribution >= 4 is 28.5 Å². The molecule has 1 N–H and O–H groups in total. The second-order valence-electron chi connectivity index (χ2n) is 3.00. The number of halogens is 1. The van der Waals surface area contributed by atoms with E-state index in [0.717, 1.165) is 5.56 Å². The minimum atomic E-state index is -0.199. The van der Waals surface area contributed by atoms with Crippen LogP contribution in [0, 0.1) is 0 Å². The molecule has 0 bridgehead atoms. The molecule has 1 heterocycles. The molecule has 2 aromatic rings. The molecule has 1 aromatic carbocycles. The first-order chi connectivity index (χ1) is 7.29. The van der Waals surface area contributed by atoms with Gasteiger partial charge in [0, 0.05) is 6.54 Å². The molecule has 0 saturated carbocycles. The molecule has 1 amide bonds. The highest BCUT2D eigenvalue weighted by Crippen LogP contribution is 2.11. The standard InChI is InChI=1S/C9H8ClN3O2/c10-4-9(14)11-5-6-1-2-7-8(3-6)13-15-12-7/h1-3H,4-5H2,(H,11,14). The number of nitrogens with one attached hydrogen (secondary N) is 1. The molecule has 0 fully saturated rings. The number of carbonyl (C=O) groups is 1. The number of carbonyl (C=O) groups excluding carboxylic acids is 1. The number of alkyl halides is 1. The van der Waals surface area contributed by atoms with Gasteiger partial charge >= 0.3 is 0 Å². The van der Waals surface area contributed by atoms with E-state index in [9.17, 15) is 4.79 Å². The number of hydrogen-bond donors (Lipinski definition) is 1. The Labute approximate surface area is 90.4 Å². The predicted molar refractivity (Wildman–Crippen MR) is 54.4 cm³/mol. The van der Waals surface area contributed by atoms with Gasteiger partial charge in [0.1, 0.15) is 16.9 Å². The van der Waals surface area contributed by atoms with Crippen LogP contribution in [0.25, 0.3) is 11.0 Å². The summed E-state index contributed by atoms with van der Waals surface area (Å²) in [7, 11) is 0. The van der Waals surface area contributed by atoms with Crippen LogP contribution in [0.15, 0.2) is 22.8 Å². The molecule has 0 unspecified atom stereocenters. The largest absolute Gasteiger partial charge is 0.351 e. The number of amides is 1. The van der Waals surface area contributed by atoms with E-state index in [0.29, 0.717) is 17.6 Å². The highest BCUT2D eigenvalue weighted by Gasteiger charge is 2.02. The molecule has 0 aliphatic carbocycles. The van der Waals surface area contributed by atoms with Crippen LogP contribution in [-0.4, -0.2) is 22.1 Å². The molecule has 0 spiro atoms. The lowest BCUT2D eigenvalue weighted by molar-refractivity contribution is -0.118. The summed E-state index contributed by atoms with van der Waals surface area (Å²) >= 11 is 5.35. The Balaban J connectivity index is 2.11. The van der Waals surface area contributed by atoms with E-state index in [1.165, 1.54) is 0 Å². The lowest BCUT2D eigenvalue weighted by atomic mass is 10.2. The zero-order valence-corrected chi connectivity index (χ0v) is 8.49. The molecule has 0 saturated heterocycles. The van der Waals surface area contributed by atoms with Crippen LogP contribution in [-0.2, 0) is 11.3 Å². The van der Waals surface area contributed by atoms with Gasteiger partial charge < -0.3 is 5.32 Å². The summed E-state index contributed by atoms with van der Waals surface area (Å²) < 4.78 is 4.56. The summed E-state index contributed by atoms with van der Waals surface area (Å²) in [5, 5.41) is 10.0. The maximum Gasteiger partial charge on any atom is 0.235 e. The third-order valence-electron chi connectivity index (χ3n) is 1.93. The van der Waals surface area contributed by atoms with Crippen LogP contribution in [0.1, 0.15) is 5.56 Å². The van der Waals surface area contributed by atoms with Crippen LogP contribution in [0.2, 0.25) is 0 Å². The Bertz CT molecular complexity index is 483.